The molecular weight excluding hydrogens is 324 g/mol. The van der Waals surface area contributed by atoms with Gasteiger partial charge in [-0.1, -0.05) is 46.3 Å². The molecule has 3 heteroatoms. The van der Waals surface area contributed by atoms with E-state index in [-0.39, 0.29) is 6.04 Å². The molecule has 0 amide bonds. The van der Waals surface area contributed by atoms with Crippen LogP contribution in [0.25, 0.3) is 0 Å². The largest absolute Gasteiger partial charge is 0.367 e. The van der Waals surface area contributed by atoms with Gasteiger partial charge in [-0.05, 0) is 48.6 Å². The van der Waals surface area contributed by atoms with Crippen LogP contribution in [0.3, 0.4) is 0 Å². The van der Waals surface area contributed by atoms with Gasteiger partial charge < -0.3 is 10.6 Å². The van der Waals surface area contributed by atoms with E-state index in [0.717, 1.165) is 23.1 Å². The fourth-order valence-electron chi connectivity index (χ4n) is 3.00. The fraction of sp³-hybridized carbons (Fsp3) is 0.333. The van der Waals surface area contributed by atoms with Crippen molar-refractivity contribution in [2.24, 2.45) is 5.73 Å². The van der Waals surface area contributed by atoms with Gasteiger partial charge in [0.25, 0.3) is 0 Å². The van der Waals surface area contributed by atoms with Gasteiger partial charge in [0.05, 0.1) is 0 Å². The summed E-state index contributed by atoms with van der Waals surface area (Å²) in [5, 5.41) is 0. The number of hydrogen-bond acceptors (Lipinski definition) is 2. The van der Waals surface area contributed by atoms with E-state index in [1.54, 1.807) is 0 Å². The molecule has 110 valence electrons. The maximum atomic E-state index is 5.99. The summed E-state index contributed by atoms with van der Waals surface area (Å²) in [6.07, 6.45) is 2.37. The first kappa shape index (κ1) is 14.6. The Kier molecular flexibility index (Phi) is 4.32. The van der Waals surface area contributed by atoms with Gasteiger partial charge in [-0.3, -0.25) is 0 Å². The van der Waals surface area contributed by atoms with Crippen molar-refractivity contribution < 1.29 is 0 Å². The summed E-state index contributed by atoms with van der Waals surface area (Å²) >= 11 is 3.66. The first-order valence-corrected chi connectivity index (χ1v) is 8.31. The van der Waals surface area contributed by atoms with Crippen LogP contribution in [0.1, 0.15) is 36.1 Å². The summed E-state index contributed by atoms with van der Waals surface area (Å²) in [4.78, 5) is 2.46. The second-order valence-corrected chi connectivity index (χ2v) is 6.64. The van der Waals surface area contributed by atoms with Crippen LogP contribution in [-0.2, 0) is 13.0 Å². The van der Waals surface area contributed by atoms with Gasteiger partial charge in [0.2, 0.25) is 0 Å². The average Bonchev–Trinajstić information content (AvgIpc) is 2.68. The monoisotopic (exact) mass is 344 g/mol. The molecule has 0 saturated heterocycles. The number of fused-ring (bicyclic) bond motifs is 1. The van der Waals surface area contributed by atoms with Crippen molar-refractivity contribution >= 4 is 21.6 Å². The van der Waals surface area contributed by atoms with Gasteiger partial charge >= 0.3 is 0 Å². The number of aryl methyl sites for hydroxylation is 1. The van der Waals surface area contributed by atoms with Crippen molar-refractivity contribution in [3.05, 3.63) is 63.6 Å². The smallest absolute Gasteiger partial charge is 0.0432 e. The summed E-state index contributed by atoms with van der Waals surface area (Å²) in [7, 11) is 0. The van der Waals surface area contributed by atoms with Crippen LogP contribution in [0.4, 0.5) is 5.69 Å². The minimum Gasteiger partial charge on any atom is -0.367 e. The molecule has 3 rings (SSSR count). The van der Waals surface area contributed by atoms with Gasteiger partial charge in [0.1, 0.15) is 0 Å². The Morgan fingerprint density at radius 1 is 1.14 bits per heavy atom. The molecule has 1 aliphatic heterocycles. The topological polar surface area (TPSA) is 29.3 Å². The Hall–Kier alpha value is -1.32. The lowest BCUT2D eigenvalue weighted by Crippen LogP contribution is -2.22. The molecule has 2 aromatic carbocycles. The molecule has 21 heavy (non-hydrogen) atoms. The Morgan fingerprint density at radius 2 is 1.90 bits per heavy atom. The van der Waals surface area contributed by atoms with Crippen LogP contribution in [0.15, 0.2) is 46.9 Å². The molecule has 0 saturated carbocycles. The Morgan fingerprint density at radius 3 is 2.62 bits per heavy atom. The highest BCUT2D eigenvalue weighted by Gasteiger charge is 2.15. The minimum atomic E-state index is 0.0540. The molecule has 0 bridgehead atoms. The third-order valence-corrected chi connectivity index (χ3v) is 4.88. The molecule has 2 nitrogen and oxygen atoms in total. The van der Waals surface area contributed by atoms with Gasteiger partial charge in [-0.2, -0.15) is 0 Å². The lowest BCUT2D eigenvalue weighted by Gasteiger charge is -2.24. The third-order valence-electron chi connectivity index (χ3n) is 4.19. The second-order valence-electron chi connectivity index (χ2n) is 5.79. The molecule has 0 radical (unpaired) electrons. The molecule has 0 spiro atoms. The van der Waals surface area contributed by atoms with Crippen molar-refractivity contribution in [3.8, 4) is 0 Å². The normalized spacial score (nSPS) is 16.2. The maximum absolute atomic E-state index is 5.99. The molecule has 2 N–H and O–H groups in total. The first-order chi connectivity index (χ1) is 10.1. The standard InChI is InChI=1S/C18H21BrN2/c1-13(20)17-9-8-16(11-18(17)19)21-10-4-7-14-5-2-3-6-15(14)12-21/h2-3,5-6,8-9,11,13H,4,7,10,12,20H2,1H3/t13-/m0/s1. The number of halogens is 1. The highest BCUT2D eigenvalue weighted by atomic mass is 79.9. The summed E-state index contributed by atoms with van der Waals surface area (Å²) in [6.45, 7) is 4.10. The van der Waals surface area contributed by atoms with E-state index >= 15 is 0 Å². The maximum Gasteiger partial charge on any atom is 0.0432 e. The van der Waals surface area contributed by atoms with Crippen LogP contribution in [-0.4, -0.2) is 6.54 Å². The number of benzene rings is 2. The second kappa shape index (κ2) is 6.20. The van der Waals surface area contributed by atoms with E-state index in [1.165, 1.54) is 29.7 Å². The number of anilines is 1. The highest BCUT2D eigenvalue weighted by Crippen LogP contribution is 2.30. The van der Waals surface area contributed by atoms with Gasteiger partial charge in [0.15, 0.2) is 0 Å². The zero-order valence-electron chi connectivity index (χ0n) is 12.3. The Labute approximate surface area is 135 Å². The number of nitrogens with two attached hydrogens (primary N) is 1. The van der Waals surface area contributed by atoms with E-state index < -0.39 is 0 Å². The predicted octanol–water partition coefficient (Wildman–Crippen LogP) is 4.42. The SMILES string of the molecule is C[C@H](N)c1ccc(N2CCCc3ccccc3C2)cc1Br. The quantitative estimate of drug-likeness (QED) is 0.873. The van der Waals surface area contributed by atoms with E-state index in [4.69, 9.17) is 5.73 Å². The zero-order chi connectivity index (χ0) is 14.8. The molecule has 1 heterocycles. The third kappa shape index (κ3) is 3.14. The van der Waals surface area contributed by atoms with Crippen molar-refractivity contribution in [3.63, 3.8) is 0 Å². The molecule has 1 aliphatic rings. The molecular formula is C18H21BrN2. The van der Waals surface area contributed by atoms with Gasteiger partial charge in [0, 0.05) is 29.3 Å². The van der Waals surface area contributed by atoms with Crippen LogP contribution in [0, 0.1) is 0 Å². The van der Waals surface area contributed by atoms with Gasteiger partial charge in [-0.25, -0.2) is 0 Å². The summed E-state index contributed by atoms with van der Waals surface area (Å²) in [6, 6.07) is 15.4. The average molecular weight is 345 g/mol. The molecule has 0 aromatic heterocycles. The van der Waals surface area contributed by atoms with E-state index in [0.29, 0.717) is 0 Å². The summed E-state index contributed by atoms with van der Waals surface area (Å²) in [5.41, 5.74) is 11.4. The van der Waals surface area contributed by atoms with E-state index in [9.17, 15) is 0 Å². The van der Waals surface area contributed by atoms with Crippen molar-refractivity contribution in [1.29, 1.82) is 0 Å². The van der Waals surface area contributed by atoms with E-state index in [1.807, 2.05) is 6.92 Å². The molecule has 1 atom stereocenters. The van der Waals surface area contributed by atoms with E-state index in [2.05, 4.69) is 63.3 Å². The molecule has 0 fully saturated rings. The Balaban J connectivity index is 1.89. The fourth-order valence-corrected chi connectivity index (χ4v) is 3.73. The predicted molar refractivity (Wildman–Crippen MR) is 92.6 cm³/mol. The van der Waals surface area contributed by atoms with Crippen molar-refractivity contribution in [1.82, 2.24) is 0 Å². The van der Waals surface area contributed by atoms with Crippen LogP contribution >= 0.6 is 15.9 Å². The van der Waals surface area contributed by atoms with Crippen LogP contribution in [0.5, 0.6) is 0 Å². The highest BCUT2D eigenvalue weighted by molar-refractivity contribution is 9.10. The molecule has 0 unspecified atom stereocenters. The summed E-state index contributed by atoms with van der Waals surface area (Å²) < 4.78 is 1.10. The number of rotatable bonds is 2. The zero-order valence-corrected chi connectivity index (χ0v) is 13.9. The Bertz CT molecular complexity index is 637. The van der Waals surface area contributed by atoms with Crippen LogP contribution < -0.4 is 10.6 Å². The van der Waals surface area contributed by atoms with Crippen molar-refractivity contribution in [2.75, 3.05) is 11.4 Å². The van der Waals surface area contributed by atoms with Crippen LogP contribution in [0.2, 0.25) is 0 Å². The lowest BCUT2D eigenvalue weighted by molar-refractivity contribution is 0.763. The minimum absolute atomic E-state index is 0.0540. The van der Waals surface area contributed by atoms with Gasteiger partial charge in [-0.15, -0.1) is 0 Å². The first-order valence-electron chi connectivity index (χ1n) is 7.52. The van der Waals surface area contributed by atoms with Crippen molar-refractivity contribution in [2.45, 2.75) is 32.4 Å². The number of nitrogens with zero attached hydrogens (tertiary/aromatic N) is 1. The lowest BCUT2D eigenvalue weighted by atomic mass is 10.0. The molecule has 2 aromatic rings. The molecule has 0 aliphatic carbocycles. The number of hydrogen-bond donors (Lipinski definition) is 1. The summed E-state index contributed by atoms with van der Waals surface area (Å²) in [5.74, 6) is 0.